The third-order valence-electron chi connectivity index (χ3n) is 6.61. The minimum Gasteiger partial charge on any atom is -0.355 e. The van der Waals surface area contributed by atoms with Crippen molar-refractivity contribution in [2.75, 3.05) is 24.5 Å². The summed E-state index contributed by atoms with van der Waals surface area (Å²) >= 11 is 1.73. The number of aromatic nitrogens is 4. The molecule has 0 saturated carbocycles. The van der Waals surface area contributed by atoms with Crippen LogP contribution in [0.25, 0.3) is 16.6 Å². The van der Waals surface area contributed by atoms with Gasteiger partial charge in [-0.25, -0.2) is 4.68 Å². The summed E-state index contributed by atoms with van der Waals surface area (Å²) < 4.78 is 1.97. The summed E-state index contributed by atoms with van der Waals surface area (Å²) in [6.45, 7) is 8.29. The largest absolute Gasteiger partial charge is 0.355 e. The van der Waals surface area contributed by atoms with Gasteiger partial charge in [-0.15, -0.1) is 16.4 Å². The Morgan fingerprint density at radius 3 is 2.74 bits per heavy atom. The second kappa shape index (κ2) is 9.54. The first-order chi connectivity index (χ1) is 16.5. The number of rotatable bonds is 6. The van der Waals surface area contributed by atoms with Crippen LogP contribution >= 0.6 is 11.3 Å². The predicted octanol–water partition coefficient (Wildman–Crippen LogP) is 4.38. The lowest BCUT2D eigenvalue weighted by Crippen LogP contribution is -2.44. The number of thiophene rings is 1. The highest BCUT2D eigenvalue weighted by atomic mass is 32.1. The van der Waals surface area contributed by atoms with Crippen molar-refractivity contribution in [3.63, 3.8) is 0 Å². The molecule has 0 bridgehead atoms. The number of nitrogens with zero attached hydrogens (tertiary/aromatic N) is 5. The molecular formula is C26H30N6OS. The zero-order valence-corrected chi connectivity index (χ0v) is 20.7. The topological polar surface area (TPSA) is 75.9 Å². The number of hydrogen-bond donors (Lipinski definition) is 1. The first-order valence-electron chi connectivity index (χ1n) is 11.9. The monoisotopic (exact) mass is 474 g/mol. The van der Waals surface area contributed by atoms with Crippen molar-refractivity contribution in [3.8, 4) is 5.69 Å². The molecule has 0 spiro atoms. The van der Waals surface area contributed by atoms with Gasteiger partial charge in [0.2, 0.25) is 5.91 Å². The number of amides is 1. The molecule has 1 atom stereocenters. The molecule has 34 heavy (non-hydrogen) atoms. The van der Waals surface area contributed by atoms with Crippen LogP contribution in [-0.4, -0.2) is 45.5 Å². The Labute approximate surface area is 203 Å². The van der Waals surface area contributed by atoms with Crippen molar-refractivity contribution in [1.29, 1.82) is 0 Å². The Morgan fingerprint density at radius 2 is 1.97 bits per heavy atom. The highest BCUT2D eigenvalue weighted by Crippen LogP contribution is 2.31. The van der Waals surface area contributed by atoms with Gasteiger partial charge in [-0.2, -0.15) is 10.2 Å². The van der Waals surface area contributed by atoms with E-state index >= 15 is 0 Å². The number of carbonyl (C=O) groups is 1. The lowest BCUT2D eigenvalue weighted by atomic mass is 9.97. The fraction of sp³-hybridized carbons (Fsp3) is 0.385. The Kier molecular flexibility index (Phi) is 6.32. The summed E-state index contributed by atoms with van der Waals surface area (Å²) in [5.74, 6) is 0.833. The molecule has 176 valence electrons. The second-order valence-electron chi connectivity index (χ2n) is 9.07. The number of benzene rings is 1. The van der Waals surface area contributed by atoms with E-state index in [0.29, 0.717) is 13.1 Å². The number of piperidine rings is 1. The molecule has 3 aromatic heterocycles. The number of hydrogen-bond acceptors (Lipinski definition) is 6. The van der Waals surface area contributed by atoms with Crippen LogP contribution in [0.15, 0.2) is 41.8 Å². The van der Waals surface area contributed by atoms with Crippen molar-refractivity contribution in [1.82, 2.24) is 25.3 Å². The quantitative estimate of drug-likeness (QED) is 0.449. The number of aryl methyl sites for hydroxylation is 3. The molecule has 1 aliphatic rings. The third-order valence-corrected chi connectivity index (χ3v) is 7.54. The van der Waals surface area contributed by atoms with Crippen LogP contribution in [0.1, 0.15) is 34.7 Å². The number of anilines is 1. The summed E-state index contributed by atoms with van der Waals surface area (Å²) in [6.07, 6.45) is 2.71. The van der Waals surface area contributed by atoms with E-state index in [0.717, 1.165) is 59.6 Å². The van der Waals surface area contributed by atoms with Crippen molar-refractivity contribution in [2.45, 2.75) is 40.0 Å². The minimum absolute atomic E-state index is 0.0597. The molecule has 1 amide bonds. The SMILES string of the molecule is Cc1ccc(-n2nc3c(N4CCC[C@H](C(=O)NCCc5cccs5)C4)nnc(C)c3c2C)cc1. The maximum absolute atomic E-state index is 12.9. The van der Waals surface area contributed by atoms with Crippen molar-refractivity contribution in [3.05, 3.63) is 63.6 Å². The molecular weight excluding hydrogens is 444 g/mol. The van der Waals surface area contributed by atoms with Gasteiger partial charge in [0.1, 0.15) is 5.52 Å². The van der Waals surface area contributed by atoms with Crippen LogP contribution < -0.4 is 10.2 Å². The molecule has 1 saturated heterocycles. The van der Waals surface area contributed by atoms with Gasteiger partial charge in [0, 0.05) is 24.5 Å². The zero-order chi connectivity index (χ0) is 23.7. The van der Waals surface area contributed by atoms with Crippen LogP contribution in [0, 0.1) is 26.7 Å². The Morgan fingerprint density at radius 1 is 1.15 bits per heavy atom. The molecule has 1 N–H and O–H groups in total. The molecule has 4 heterocycles. The second-order valence-corrected chi connectivity index (χ2v) is 10.1. The average molecular weight is 475 g/mol. The first kappa shape index (κ1) is 22.5. The normalized spacial score (nSPS) is 16.2. The van der Waals surface area contributed by atoms with Gasteiger partial charge < -0.3 is 10.2 Å². The van der Waals surface area contributed by atoms with Crippen molar-refractivity contribution >= 4 is 34.0 Å². The third kappa shape index (κ3) is 4.42. The summed E-state index contributed by atoms with van der Waals surface area (Å²) in [4.78, 5) is 16.4. The van der Waals surface area contributed by atoms with Gasteiger partial charge in [0.05, 0.1) is 28.4 Å². The van der Waals surface area contributed by atoms with Gasteiger partial charge in [-0.05, 0) is 63.6 Å². The fourth-order valence-electron chi connectivity index (χ4n) is 4.75. The van der Waals surface area contributed by atoms with E-state index in [1.54, 1.807) is 11.3 Å². The molecule has 1 aliphatic heterocycles. The van der Waals surface area contributed by atoms with E-state index < -0.39 is 0 Å². The highest BCUT2D eigenvalue weighted by Gasteiger charge is 2.29. The molecule has 0 radical (unpaired) electrons. The Balaban J connectivity index is 1.37. The molecule has 7 nitrogen and oxygen atoms in total. The van der Waals surface area contributed by atoms with Gasteiger partial charge in [-0.3, -0.25) is 4.79 Å². The molecule has 0 unspecified atom stereocenters. The maximum atomic E-state index is 12.9. The van der Waals surface area contributed by atoms with E-state index in [2.05, 4.69) is 70.0 Å². The molecule has 5 rings (SSSR count). The average Bonchev–Trinajstić information content (AvgIpc) is 3.48. The standard InChI is InChI=1S/C26H30N6OS/c1-17-8-10-21(11-9-17)32-19(3)23-18(2)28-29-25(24(23)30-32)31-14-4-6-20(16-31)26(33)27-13-12-22-7-5-15-34-22/h5,7-11,15,20H,4,6,12-14,16H2,1-3H3,(H,27,33)/t20-/m0/s1. The maximum Gasteiger partial charge on any atom is 0.224 e. The Bertz CT molecular complexity index is 1300. The van der Waals surface area contributed by atoms with Crippen LogP contribution in [-0.2, 0) is 11.2 Å². The lowest BCUT2D eigenvalue weighted by molar-refractivity contribution is -0.125. The van der Waals surface area contributed by atoms with Crippen LogP contribution in [0.2, 0.25) is 0 Å². The van der Waals surface area contributed by atoms with Gasteiger partial charge >= 0.3 is 0 Å². The van der Waals surface area contributed by atoms with Gasteiger partial charge in [-0.1, -0.05) is 23.8 Å². The molecule has 1 fully saturated rings. The smallest absolute Gasteiger partial charge is 0.224 e. The minimum atomic E-state index is -0.0597. The van der Waals surface area contributed by atoms with Crippen molar-refractivity contribution < 1.29 is 4.79 Å². The van der Waals surface area contributed by atoms with Crippen LogP contribution in [0.3, 0.4) is 0 Å². The predicted molar refractivity (Wildman–Crippen MR) is 137 cm³/mol. The molecule has 8 heteroatoms. The highest BCUT2D eigenvalue weighted by molar-refractivity contribution is 7.09. The van der Waals surface area contributed by atoms with Crippen LogP contribution in [0.5, 0.6) is 0 Å². The van der Waals surface area contributed by atoms with E-state index in [-0.39, 0.29) is 11.8 Å². The summed E-state index contributed by atoms with van der Waals surface area (Å²) in [6, 6.07) is 12.5. The van der Waals surface area contributed by atoms with E-state index in [1.807, 2.05) is 17.7 Å². The summed E-state index contributed by atoms with van der Waals surface area (Å²) in [5.41, 5.74) is 5.00. The number of nitrogens with one attached hydrogen (secondary N) is 1. The van der Waals surface area contributed by atoms with E-state index in [1.165, 1.54) is 10.4 Å². The van der Waals surface area contributed by atoms with Crippen molar-refractivity contribution in [2.24, 2.45) is 5.92 Å². The van der Waals surface area contributed by atoms with Gasteiger partial charge in [0.25, 0.3) is 0 Å². The molecule has 0 aliphatic carbocycles. The summed E-state index contributed by atoms with van der Waals surface area (Å²) in [5, 5.41) is 20.2. The van der Waals surface area contributed by atoms with Crippen LogP contribution in [0.4, 0.5) is 5.82 Å². The number of carbonyl (C=O) groups excluding carboxylic acids is 1. The Hall–Kier alpha value is -3.26. The molecule has 1 aromatic carbocycles. The number of fused-ring (bicyclic) bond motifs is 1. The zero-order valence-electron chi connectivity index (χ0n) is 19.9. The lowest BCUT2D eigenvalue weighted by Gasteiger charge is -2.32. The van der Waals surface area contributed by atoms with E-state index in [4.69, 9.17) is 5.10 Å². The van der Waals surface area contributed by atoms with Gasteiger partial charge in [0.15, 0.2) is 5.82 Å². The molecule has 4 aromatic rings. The fourth-order valence-corrected chi connectivity index (χ4v) is 5.46. The first-order valence-corrected chi connectivity index (χ1v) is 12.7. The van der Waals surface area contributed by atoms with E-state index in [9.17, 15) is 4.79 Å². The summed E-state index contributed by atoms with van der Waals surface area (Å²) in [7, 11) is 0.